The highest BCUT2D eigenvalue weighted by atomic mass is 16.8. The molecule has 1 unspecified atom stereocenters. The minimum atomic E-state index is -0.330. The first-order valence-corrected chi connectivity index (χ1v) is 22.6. The molecule has 3 nitrogen and oxygen atoms in total. The van der Waals surface area contributed by atoms with Gasteiger partial charge < -0.3 is 14.4 Å². The average Bonchev–Trinajstić information content (AvgIpc) is 3.48. The Kier molecular flexibility index (Phi) is 28.2. The highest BCUT2D eigenvalue weighted by Gasteiger charge is 2.49. The Morgan fingerprint density at radius 2 is 1.04 bits per heavy atom. The van der Waals surface area contributed by atoms with E-state index in [1.54, 1.807) is 0 Å². The minimum Gasteiger partial charge on any atom is -0.344 e. The Labute approximate surface area is 319 Å². The van der Waals surface area contributed by atoms with Crippen LogP contribution >= 0.6 is 0 Å². The van der Waals surface area contributed by atoms with E-state index in [0.29, 0.717) is 12.2 Å². The van der Waals surface area contributed by atoms with Crippen molar-refractivity contribution < 1.29 is 9.47 Å². The molecule has 1 aliphatic carbocycles. The van der Waals surface area contributed by atoms with Crippen LogP contribution in [0.25, 0.3) is 0 Å². The first-order chi connectivity index (χ1) is 25.0. The Morgan fingerprint density at radius 3 is 1.59 bits per heavy atom. The van der Waals surface area contributed by atoms with Gasteiger partial charge in [-0.3, -0.25) is 0 Å². The molecule has 0 bridgehead atoms. The molecule has 1 heterocycles. The summed E-state index contributed by atoms with van der Waals surface area (Å²) in [5.41, 5.74) is 0. The second-order valence-electron chi connectivity index (χ2n) is 16.8. The number of hydrogen-bond acceptors (Lipinski definition) is 3. The molecule has 2 fully saturated rings. The summed E-state index contributed by atoms with van der Waals surface area (Å²) in [6.07, 6.45) is 56.5. The molecule has 0 aromatic rings. The van der Waals surface area contributed by atoms with Crippen LogP contribution in [0.2, 0.25) is 0 Å². The maximum atomic E-state index is 7.00. The second kappa shape index (κ2) is 31.2. The van der Waals surface area contributed by atoms with Crippen LogP contribution in [0.15, 0.2) is 48.6 Å². The molecular weight excluding hydrogens is 623 g/mol. The number of allylic oxidation sites excluding steroid dienone is 8. The maximum Gasteiger partial charge on any atom is 0.169 e. The molecule has 3 heteroatoms. The standard InChI is InChI=1S/C48H87NO2/c1-6-8-10-12-14-16-18-20-22-23-25-27-29-31-33-35-40-48(50-46-38-37-45(43-49(4)5)42-47(46)51-48)41-39-44(3)36-34-32-30-28-26-24-21-19-17-15-13-11-9-7-2/h14-17,20-22,24,44-47H,6-13,18-19,23,25-43H2,1-5H3/b16-14-,17-15-,22-20-,24-21-/t44-,45+,46+,47-,48?/m1/s1. The molecule has 2 aliphatic rings. The third kappa shape index (κ3) is 24.0. The number of hydrogen-bond donors (Lipinski definition) is 0. The molecule has 0 spiro atoms. The third-order valence-corrected chi connectivity index (χ3v) is 11.4. The summed E-state index contributed by atoms with van der Waals surface area (Å²) in [7, 11) is 4.42. The predicted octanol–water partition coefficient (Wildman–Crippen LogP) is 14.9. The molecule has 1 saturated heterocycles. The fourth-order valence-corrected chi connectivity index (χ4v) is 8.19. The summed E-state index contributed by atoms with van der Waals surface area (Å²) in [6, 6.07) is 0. The fourth-order valence-electron chi connectivity index (χ4n) is 8.19. The van der Waals surface area contributed by atoms with Crippen LogP contribution < -0.4 is 0 Å². The van der Waals surface area contributed by atoms with E-state index >= 15 is 0 Å². The Morgan fingerprint density at radius 1 is 0.549 bits per heavy atom. The van der Waals surface area contributed by atoms with Crippen LogP contribution in [0.1, 0.15) is 207 Å². The molecule has 0 aromatic carbocycles. The van der Waals surface area contributed by atoms with Crippen LogP contribution in [0.4, 0.5) is 0 Å². The van der Waals surface area contributed by atoms with Crippen molar-refractivity contribution in [1.29, 1.82) is 0 Å². The molecule has 5 atom stereocenters. The van der Waals surface area contributed by atoms with Gasteiger partial charge in [0.25, 0.3) is 0 Å². The van der Waals surface area contributed by atoms with Gasteiger partial charge >= 0.3 is 0 Å². The van der Waals surface area contributed by atoms with Gasteiger partial charge in [0.1, 0.15) is 0 Å². The van der Waals surface area contributed by atoms with Gasteiger partial charge in [-0.25, -0.2) is 0 Å². The molecule has 2 rings (SSSR count). The van der Waals surface area contributed by atoms with Gasteiger partial charge in [0.2, 0.25) is 0 Å². The molecule has 0 aromatic heterocycles. The molecule has 296 valence electrons. The quantitative estimate of drug-likeness (QED) is 0.0500. The summed E-state index contributed by atoms with van der Waals surface area (Å²) in [6.45, 7) is 8.20. The van der Waals surface area contributed by atoms with E-state index in [1.807, 2.05) is 0 Å². The zero-order chi connectivity index (χ0) is 36.7. The van der Waals surface area contributed by atoms with Gasteiger partial charge in [-0.05, 0) is 122 Å². The average molecular weight is 710 g/mol. The predicted molar refractivity (Wildman–Crippen MR) is 225 cm³/mol. The number of unbranched alkanes of at least 4 members (excludes halogenated alkanes) is 16. The van der Waals surface area contributed by atoms with E-state index in [9.17, 15) is 0 Å². The second-order valence-corrected chi connectivity index (χ2v) is 16.8. The zero-order valence-electron chi connectivity index (χ0n) is 34.9. The number of rotatable bonds is 33. The lowest BCUT2D eigenvalue weighted by atomic mass is 9.85. The summed E-state index contributed by atoms with van der Waals surface area (Å²) >= 11 is 0. The molecule has 1 aliphatic heterocycles. The fraction of sp³-hybridized carbons (Fsp3) is 0.833. The maximum absolute atomic E-state index is 7.00. The van der Waals surface area contributed by atoms with E-state index in [2.05, 4.69) is 88.4 Å². The van der Waals surface area contributed by atoms with E-state index in [-0.39, 0.29) is 5.79 Å². The first kappa shape index (κ1) is 46.0. The van der Waals surface area contributed by atoms with E-state index in [0.717, 1.165) is 37.5 Å². The SMILES string of the molecule is CCCCC/C=C\C/C=C\CCCCCCCCC1(CC[C@H](C)CCCCCC/C=C\C/C=C\CCCCC)O[C@H]2CC[C@H](CN(C)C)C[C@H]2O1. The van der Waals surface area contributed by atoms with Crippen molar-refractivity contribution in [2.24, 2.45) is 11.8 Å². The van der Waals surface area contributed by atoms with Crippen LogP contribution in [0, 0.1) is 11.8 Å². The van der Waals surface area contributed by atoms with Gasteiger partial charge in [0.05, 0.1) is 12.2 Å². The highest BCUT2D eigenvalue weighted by Crippen LogP contribution is 2.44. The first-order valence-electron chi connectivity index (χ1n) is 22.6. The van der Waals surface area contributed by atoms with Crippen molar-refractivity contribution in [2.75, 3.05) is 20.6 Å². The van der Waals surface area contributed by atoms with Crippen molar-refractivity contribution in [2.45, 2.75) is 225 Å². The lowest BCUT2D eigenvalue weighted by molar-refractivity contribution is -0.187. The van der Waals surface area contributed by atoms with Gasteiger partial charge in [0.15, 0.2) is 5.79 Å². The van der Waals surface area contributed by atoms with E-state index < -0.39 is 0 Å². The molecular formula is C48H87NO2. The molecule has 51 heavy (non-hydrogen) atoms. The zero-order valence-corrected chi connectivity index (χ0v) is 34.9. The number of ether oxygens (including phenoxy) is 2. The minimum absolute atomic E-state index is 0.305. The van der Waals surface area contributed by atoms with Gasteiger partial charge in [-0.1, -0.05) is 146 Å². The number of nitrogens with zero attached hydrogens (tertiary/aromatic N) is 1. The molecule has 0 N–H and O–H groups in total. The van der Waals surface area contributed by atoms with Crippen molar-refractivity contribution >= 4 is 0 Å². The number of fused-ring (bicyclic) bond motifs is 1. The van der Waals surface area contributed by atoms with Crippen LogP contribution in [0.5, 0.6) is 0 Å². The van der Waals surface area contributed by atoms with Crippen LogP contribution in [0.3, 0.4) is 0 Å². The largest absolute Gasteiger partial charge is 0.344 e. The molecule has 0 radical (unpaired) electrons. The van der Waals surface area contributed by atoms with E-state index in [4.69, 9.17) is 9.47 Å². The monoisotopic (exact) mass is 710 g/mol. The van der Waals surface area contributed by atoms with Crippen LogP contribution in [-0.4, -0.2) is 43.5 Å². The summed E-state index contributed by atoms with van der Waals surface area (Å²) in [4.78, 5) is 2.35. The Bertz CT molecular complexity index is 905. The van der Waals surface area contributed by atoms with Gasteiger partial charge in [0, 0.05) is 19.4 Å². The normalized spacial score (nSPS) is 23.2. The highest BCUT2D eigenvalue weighted by molar-refractivity contribution is 4.94. The van der Waals surface area contributed by atoms with Crippen LogP contribution in [-0.2, 0) is 9.47 Å². The summed E-state index contributed by atoms with van der Waals surface area (Å²) in [5.74, 6) is 1.16. The van der Waals surface area contributed by atoms with E-state index in [1.165, 1.54) is 167 Å². The Balaban J connectivity index is 1.64. The molecule has 1 saturated carbocycles. The lowest BCUT2D eigenvalue weighted by Crippen LogP contribution is -2.35. The van der Waals surface area contributed by atoms with Crippen molar-refractivity contribution in [1.82, 2.24) is 4.90 Å². The lowest BCUT2D eigenvalue weighted by Gasteiger charge is -2.31. The van der Waals surface area contributed by atoms with Gasteiger partial charge in [-0.15, -0.1) is 0 Å². The van der Waals surface area contributed by atoms with Crippen molar-refractivity contribution in [3.8, 4) is 0 Å². The Hall–Kier alpha value is -1.16. The summed E-state index contributed by atoms with van der Waals surface area (Å²) < 4.78 is 14.0. The third-order valence-electron chi connectivity index (χ3n) is 11.4. The van der Waals surface area contributed by atoms with Gasteiger partial charge in [-0.2, -0.15) is 0 Å². The topological polar surface area (TPSA) is 21.7 Å². The summed E-state index contributed by atoms with van der Waals surface area (Å²) in [5, 5.41) is 0. The smallest absolute Gasteiger partial charge is 0.169 e. The van der Waals surface area contributed by atoms with Crippen molar-refractivity contribution in [3.63, 3.8) is 0 Å². The van der Waals surface area contributed by atoms with Crippen molar-refractivity contribution in [3.05, 3.63) is 48.6 Å². The molecule has 0 amide bonds.